The van der Waals surface area contributed by atoms with Gasteiger partial charge in [-0.2, -0.15) is 0 Å². The Kier molecular flexibility index (Phi) is 5.35. The maximum atomic E-state index is 5.49. The van der Waals surface area contributed by atoms with E-state index in [9.17, 15) is 0 Å². The van der Waals surface area contributed by atoms with E-state index in [-0.39, 0.29) is 0 Å². The van der Waals surface area contributed by atoms with Crippen molar-refractivity contribution in [2.75, 3.05) is 0 Å². The Labute approximate surface area is 79.0 Å². The van der Waals surface area contributed by atoms with E-state index in [0.717, 1.165) is 5.69 Å². The predicted molar refractivity (Wildman–Crippen MR) is 54.9 cm³/mol. The monoisotopic (exact) mass is 180 g/mol. The zero-order valence-electron chi connectivity index (χ0n) is 8.37. The van der Waals surface area contributed by atoms with Crippen molar-refractivity contribution in [2.45, 2.75) is 20.8 Å². The van der Waals surface area contributed by atoms with Gasteiger partial charge in [0, 0.05) is 11.8 Å². The van der Waals surface area contributed by atoms with Crippen LogP contribution in [0, 0.1) is 6.92 Å². The van der Waals surface area contributed by atoms with E-state index in [2.05, 4.69) is 11.6 Å². The van der Waals surface area contributed by atoms with Crippen molar-refractivity contribution in [1.29, 1.82) is 0 Å². The number of aryl methyl sites for hydroxylation is 1. The predicted octanol–water partition coefficient (Wildman–Crippen LogP) is 2.49. The molecule has 0 saturated carbocycles. The van der Waals surface area contributed by atoms with Crippen molar-refractivity contribution < 1.29 is 4.42 Å². The zero-order chi connectivity index (χ0) is 10.3. The molecule has 0 saturated heterocycles. The smallest absolute Gasteiger partial charge is 0.181 e. The number of hydrogen-bond acceptors (Lipinski definition) is 3. The van der Waals surface area contributed by atoms with E-state index < -0.39 is 0 Å². The number of nitrogens with zero attached hydrogens (tertiary/aromatic N) is 1. The molecule has 0 radical (unpaired) electrons. The van der Waals surface area contributed by atoms with E-state index >= 15 is 0 Å². The van der Waals surface area contributed by atoms with Crippen LogP contribution >= 0.6 is 0 Å². The lowest BCUT2D eigenvalue weighted by molar-refractivity contribution is 0.547. The second kappa shape index (κ2) is 6.06. The van der Waals surface area contributed by atoms with Crippen LogP contribution in [0.4, 0.5) is 0 Å². The molecule has 0 amide bonds. The van der Waals surface area contributed by atoms with Gasteiger partial charge in [-0.25, -0.2) is 4.98 Å². The molecule has 0 unspecified atom stereocenters. The quantitative estimate of drug-likeness (QED) is 0.711. The Balaban J connectivity index is 0.000000671. The topological polar surface area (TPSA) is 52.0 Å². The summed E-state index contributed by atoms with van der Waals surface area (Å²) in [4.78, 5) is 3.90. The molecule has 0 spiro atoms. The molecule has 72 valence electrons. The number of rotatable bonds is 2. The summed E-state index contributed by atoms with van der Waals surface area (Å²) in [5.74, 6) is 0.683. The van der Waals surface area contributed by atoms with Crippen LogP contribution in [0.3, 0.4) is 0 Å². The zero-order valence-corrected chi connectivity index (χ0v) is 8.37. The first-order chi connectivity index (χ1) is 6.24. The molecule has 0 fully saturated rings. The number of aromatic nitrogens is 1. The molecule has 3 nitrogen and oxygen atoms in total. The van der Waals surface area contributed by atoms with Gasteiger partial charge in [0.25, 0.3) is 0 Å². The minimum absolute atomic E-state index is 0.574. The number of nitrogens with two attached hydrogens (primary N) is 1. The molecule has 13 heavy (non-hydrogen) atoms. The van der Waals surface area contributed by atoms with E-state index in [1.807, 2.05) is 20.8 Å². The fourth-order valence-corrected chi connectivity index (χ4v) is 0.660. The van der Waals surface area contributed by atoms with Crippen LogP contribution in [0.2, 0.25) is 0 Å². The third-order valence-corrected chi connectivity index (χ3v) is 1.32. The minimum atomic E-state index is 0.574. The Morgan fingerprint density at radius 2 is 2.23 bits per heavy atom. The van der Waals surface area contributed by atoms with Gasteiger partial charge >= 0.3 is 0 Å². The van der Waals surface area contributed by atoms with Gasteiger partial charge in [-0.15, -0.1) is 0 Å². The molecule has 3 heteroatoms. The highest BCUT2D eigenvalue weighted by molar-refractivity contribution is 5.51. The third-order valence-electron chi connectivity index (χ3n) is 1.32. The molecule has 0 atom stereocenters. The number of allylic oxidation sites excluding steroid dienone is 1. The Morgan fingerprint density at radius 3 is 2.62 bits per heavy atom. The average molecular weight is 180 g/mol. The van der Waals surface area contributed by atoms with Crippen molar-refractivity contribution in [2.24, 2.45) is 5.73 Å². The van der Waals surface area contributed by atoms with Crippen molar-refractivity contribution in [3.05, 3.63) is 36.2 Å². The summed E-state index contributed by atoms with van der Waals surface area (Å²) in [6.07, 6.45) is 4.63. The van der Waals surface area contributed by atoms with Gasteiger partial charge in [-0.05, 0) is 13.0 Å². The standard InChI is InChI=1S/C8H10N2O.C2H6/c1-3-7(9)4-8-6(2)10-5-11-8;1-2/h3-5H,1,9H2,2H3;1-2H3/b7-4+;. The van der Waals surface area contributed by atoms with E-state index in [1.54, 1.807) is 12.2 Å². The van der Waals surface area contributed by atoms with Crippen molar-refractivity contribution in [3.63, 3.8) is 0 Å². The van der Waals surface area contributed by atoms with Crippen molar-refractivity contribution in [1.82, 2.24) is 4.98 Å². The maximum absolute atomic E-state index is 5.49. The van der Waals surface area contributed by atoms with Gasteiger partial charge in [0.1, 0.15) is 0 Å². The van der Waals surface area contributed by atoms with Gasteiger partial charge in [0.15, 0.2) is 12.2 Å². The highest BCUT2D eigenvalue weighted by atomic mass is 16.3. The van der Waals surface area contributed by atoms with Crippen molar-refractivity contribution >= 4 is 6.08 Å². The SMILES string of the molecule is C=C/C(N)=C\c1ocnc1C.CC. The molecular weight excluding hydrogens is 164 g/mol. The van der Waals surface area contributed by atoms with Gasteiger partial charge in [0.2, 0.25) is 0 Å². The molecule has 2 N–H and O–H groups in total. The highest BCUT2D eigenvalue weighted by Crippen LogP contribution is 2.08. The van der Waals surface area contributed by atoms with Crippen LogP contribution < -0.4 is 5.73 Å². The fraction of sp³-hybridized carbons (Fsp3) is 0.300. The molecule has 0 bridgehead atoms. The second-order valence-electron chi connectivity index (χ2n) is 2.15. The highest BCUT2D eigenvalue weighted by Gasteiger charge is 1.98. The minimum Gasteiger partial charge on any atom is -0.444 e. The summed E-state index contributed by atoms with van der Waals surface area (Å²) in [7, 11) is 0. The number of oxazole rings is 1. The van der Waals surface area contributed by atoms with E-state index in [1.165, 1.54) is 6.39 Å². The van der Waals surface area contributed by atoms with Gasteiger partial charge in [0.05, 0.1) is 5.69 Å². The summed E-state index contributed by atoms with van der Waals surface area (Å²) < 4.78 is 5.02. The maximum Gasteiger partial charge on any atom is 0.181 e. The normalized spacial score (nSPS) is 10.2. The van der Waals surface area contributed by atoms with Crippen LogP contribution in [-0.4, -0.2) is 4.98 Å². The summed E-state index contributed by atoms with van der Waals surface area (Å²) in [5.41, 5.74) is 6.89. The van der Waals surface area contributed by atoms with E-state index in [4.69, 9.17) is 10.2 Å². The first kappa shape index (κ1) is 11.5. The summed E-state index contributed by atoms with van der Waals surface area (Å²) in [6.45, 7) is 9.37. The summed E-state index contributed by atoms with van der Waals surface area (Å²) in [5, 5.41) is 0. The Morgan fingerprint density at radius 1 is 1.62 bits per heavy atom. The molecule has 0 aromatic carbocycles. The van der Waals surface area contributed by atoms with E-state index in [0.29, 0.717) is 11.5 Å². The summed E-state index contributed by atoms with van der Waals surface area (Å²) in [6, 6.07) is 0. The van der Waals surface area contributed by atoms with Crippen LogP contribution in [-0.2, 0) is 0 Å². The van der Waals surface area contributed by atoms with Crippen LogP contribution in [0.15, 0.2) is 29.2 Å². The Hall–Kier alpha value is -1.51. The van der Waals surface area contributed by atoms with Crippen LogP contribution in [0.1, 0.15) is 25.3 Å². The van der Waals surface area contributed by atoms with Gasteiger partial charge in [-0.1, -0.05) is 20.4 Å². The van der Waals surface area contributed by atoms with Gasteiger partial charge in [-0.3, -0.25) is 0 Å². The molecule has 1 heterocycles. The lowest BCUT2D eigenvalue weighted by Crippen LogP contribution is -1.91. The lowest BCUT2D eigenvalue weighted by Gasteiger charge is -1.89. The molecule has 1 aromatic heterocycles. The van der Waals surface area contributed by atoms with Crippen LogP contribution in [0.25, 0.3) is 6.08 Å². The average Bonchev–Trinajstić information content (AvgIpc) is 2.55. The molecule has 0 aliphatic heterocycles. The Bertz CT molecular complexity index is 287. The molecule has 1 rings (SSSR count). The largest absolute Gasteiger partial charge is 0.444 e. The molecule has 0 aliphatic rings. The first-order valence-electron chi connectivity index (χ1n) is 4.23. The fourth-order valence-electron chi connectivity index (χ4n) is 0.660. The van der Waals surface area contributed by atoms with Crippen molar-refractivity contribution in [3.8, 4) is 0 Å². The second-order valence-corrected chi connectivity index (χ2v) is 2.15. The lowest BCUT2D eigenvalue weighted by atomic mass is 10.3. The molecular formula is C10H16N2O. The first-order valence-corrected chi connectivity index (χ1v) is 4.23. The van der Waals surface area contributed by atoms with Gasteiger partial charge < -0.3 is 10.2 Å². The molecule has 1 aromatic rings. The number of hydrogen-bond donors (Lipinski definition) is 1. The third kappa shape index (κ3) is 3.60. The summed E-state index contributed by atoms with van der Waals surface area (Å²) >= 11 is 0. The molecule has 0 aliphatic carbocycles. The van der Waals surface area contributed by atoms with Crippen LogP contribution in [0.5, 0.6) is 0 Å².